The maximum atomic E-state index is 13.4. The Morgan fingerprint density at radius 3 is 2.71 bits per heavy atom. The zero-order valence-corrected chi connectivity index (χ0v) is 16.9. The third-order valence-corrected chi connectivity index (χ3v) is 5.68. The fourth-order valence-electron chi connectivity index (χ4n) is 3.14. The van der Waals surface area contributed by atoms with Crippen molar-refractivity contribution >= 4 is 32.6 Å². The third kappa shape index (κ3) is 3.41. The monoisotopic (exact) mass is 391 g/mol. The number of aryl methyl sites for hydroxylation is 3. The largest absolute Gasteiger partial charge is 0.280 e. The van der Waals surface area contributed by atoms with Crippen molar-refractivity contribution in [1.29, 1.82) is 0 Å². The van der Waals surface area contributed by atoms with Gasteiger partial charge in [-0.25, -0.2) is 4.98 Å². The summed E-state index contributed by atoms with van der Waals surface area (Å²) in [6, 6.07) is 13.6. The van der Waals surface area contributed by atoms with Crippen LogP contribution in [0.25, 0.3) is 10.2 Å². The molecule has 0 aliphatic carbocycles. The van der Waals surface area contributed by atoms with E-state index in [0.29, 0.717) is 17.4 Å². The van der Waals surface area contributed by atoms with E-state index in [1.807, 2.05) is 67.9 Å². The molecule has 0 saturated carbocycles. The van der Waals surface area contributed by atoms with Crippen molar-refractivity contribution in [2.45, 2.75) is 33.9 Å². The number of benzene rings is 1. The molecule has 28 heavy (non-hydrogen) atoms. The number of pyridine rings is 1. The van der Waals surface area contributed by atoms with Crippen LogP contribution in [0.2, 0.25) is 0 Å². The lowest BCUT2D eigenvalue weighted by molar-refractivity contribution is 0.0979. The SMILES string of the molecule is CCn1nc(C(=O)N(Cc2ccccn2)c2nc3c(C)cccc3s2)cc1C. The molecule has 142 valence electrons. The van der Waals surface area contributed by atoms with Crippen LogP contribution < -0.4 is 4.90 Å². The number of carbonyl (C=O) groups is 1. The number of hydrogen-bond donors (Lipinski definition) is 0. The van der Waals surface area contributed by atoms with Gasteiger partial charge in [0.05, 0.1) is 22.5 Å². The van der Waals surface area contributed by atoms with E-state index in [1.165, 1.54) is 11.3 Å². The molecule has 0 aliphatic rings. The molecule has 0 saturated heterocycles. The van der Waals surface area contributed by atoms with Crippen LogP contribution >= 0.6 is 11.3 Å². The topological polar surface area (TPSA) is 63.9 Å². The Bertz CT molecular complexity index is 1130. The zero-order chi connectivity index (χ0) is 19.7. The molecule has 0 N–H and O–H groups in total. The first-order valence-electron chi connectivity index (χ1n) is 9.19. The van der Waals surface area contributed by atoms with Crippen LogP contribution in [0.5, 0.6) is 0 Å². The van der Waals surface area contributed by atoms with Crippen molar-refractivity contribution in [2.75, 3.05) is 4.90 Å². The summed E-state index contributed by atoms with van der Waals surface area (Å²) in [6.07, 6.45) is 1.73. The van der Waals surface area contributed by atoms with Gasteiger partial charge in [-0.05, 0) is 50.6 Å². The zero-order valence-electron chi connectivity index (χ0n) is 16.1. The van der Waals surface area contributed by atoms with E-state index in [1.54, 1.807) is 11.1 Å². The number of rotatable bonds is 5. The van der Waals surface area contributed by atoms with E-state index < -0.39 is 0 Å². The van der Waals surface area contributed by atoms with Crippen molar-refractivity contribution in [3.63, 3.8) is 0 Å². The van der Waals surface area contributed by atoms with Gasteiger partial charge in [-0.3, -0.25) is 19.4 Å². The molecule has 1 aromatic carbocycles. The number of amides is 1. The third-order valence-electron chi connectivity index (χ3n) is 4.63. The van der Waals surface area contributed by atoms with Gasteiger partial charge in [-0.15, -0.1) is 0 Å². The van der Waals surface area contributed by atoms with Crippen molar-refractivity contribution in [1.82, 2.24) is 19.7 Å². The quantitative estimate of drug-likeness (QED) is 0.507. The van der Waals surface area contributed by atoms with Crippen LogP contribution in [0.1, 0.15) is 34.4 Å². The van der Waals surface area contributed by atoms with Crippen LogP contribution in [0.4, 0.5) is 5.13 Å². The molecule has 7 heteroatoms. The van der Waals surface area contributed by atoms with Crippen molar-refractivity contribution < 1.29 is 4.79 Å². The first-order valence-corrected chi connectivity index (χ1v) is 10.0. The van der Waals surface area contributed by atoms with Gasteiger partial charge in [0, 0.05) is 18.4 Å². The smallest absolute Gasteiger partial charge is 0.276 e. The Morgan fingerprint density at radius 2 is 2.04 bits per heavy atom. The minimum atomic E-state index is -0.169. The van der Waals surface area contributed by atoms with Gasteiger partial charge < -0.3 is 0 Å². The van der Waals surface area contributed by atoms with E-state index in [0.717, 1.165) is 33.7 Å². The Hall–Kier alpha value is -3.06. The highest BCUT2D eigenvalue weighted by Gasteiger charge is 2.25. The maximum Gasteiger partial charge on any atom is 0.280 e. The summed E-state index contributed by atoms with van der Waals surface area (Å²) >= 11 is 1.51. The van der Waals surface area contributed by atoms with E-state index in [4.69, 9.17) is 4.98 Å². The second-order valence-corrected chi connectivity index (χ2v) is 7.63. The molecule has 3 heterocycles. The standard InChI is InChI=1S/C21H21N5OS/c1-4-26-15(3)12-17(24-26)20(27)25(13-16-9-5-6-11-22-16)21-23-19-14(2)8-7-10-18(19)28-21/h5-12H,4,13H2,1-3H3. The van der Waals surface area contributed by atoms with Crippen LogP contribution in [0, 0.1) is 13.8 Å². The molecule has 0 aliphatic heterocycles. The van der Waals surface area contributed by atoms with E-state index >= 15 is 0 Å². The number of fused-ring (bicyclic) bond motifs is 1. The van der Waals surface area contributed by atoms with E-state index in [9.17, 15) is 4.79 Å². The molecule has 0 radical (unpaired) electrons. The summed E-state index contributed by atoms with van der Waals surface area (Å²) in [7, 11) is 0. The summed E-state index contributed by atoms with van der Waals surface area (Å²) in [5, 5.41) is 5.13. The molecule has 6 nitrogen and oxygen atoms in total. The average Bonchev–Trinajstić information content (AvgIpc) is 3.30. The summed E-state index contributed by atoms with van der Waals surface area (Å²) in [5.74, 6) is -0.169. The molecule has 0 bridgehead atoms. The van der Waals surface area contributed by atoms with Crippen LogP contribution in [0.15, 0.2) is 48.7 Å². The lowest BCUT2D eigenvalue weighted by Gasteiger charge is -2.18. The second-order valence-electron chi connectivity index (χ2n) is 6.62. The summed E-state index contributed by atoms with van der Waals surface area (Å²) < 4.78 is 2.89. The predicted octanol–water partition coefficient (Wildman–Crippen LogP) is 4.37. The molecule has 0 unspecified atom stereocenters. The number of thiazole rings is 1. The number of carbonyl (C=O) groups excluding carboxylic acids is 1. The van der Waals surface area contributed by atoms with Gasteiger partial charge in [0.25, 0.3) is 5.91 Å². The first-order chi connectivity index (χ1) is 13.6. The van der Waals surface area contributed by atoms with Gasteiger partial charge in [-0.1, -0.05) is 29.5 Å². The van der Waals surface area contributed by atoms with Gasteiger partial charge in [0.1, 0.15) is 0 Å². The lowest BCUT2D eigenvalue weighted by Crippen LogP contribution is -2.31. The van der Waals surface area contributed by atoms with Crippen molar-refractivity contribution in [3.8, 4) is 0 Å². The van der Waals surface area contributed by atoms with Gasteiger partial charge in [-0.2, -0.15) is 5.10 Å². The predicted molar refractivity (Wildman–Crippen MR) is 112 cm³/mol. The van der Waals surface area contributed by atoms with Gasteiger partial charge in [0.2, 0.25) is 0 Å². The van der Waals surface area contributed by atoms with Crippen molar-refractivity contribution in [2.24, 2.45) is 0 Å². The molecule has 1 amide bonds. The number of aromatic nitrogens is 4. The molecule has 0 atom stereocenters. The Labute approximate surface area is 167 Å². The normalized spacial score (nSPS) is 11.1. The summed E-state index contributed by atoms with van der Waals surface area (Å²) in [4.78, 5) is 24.2. The Morgan fingerprint density at radius 1 is 1.18 bits per heavy atom. The first kappa shape index (κ1) is 18.3. The van der Waals surface area contributed by atoms with E-state index in [2.05, 4.69) is 10.1 Å². The fraction of sp³-hybridized carbons (Fsp3) is 0.238. The van der Waals surface area contributed by atoms with E-state index in [-0.39, 0.29) is 5.91 Å². The second kappa shape index (κ2) is 7.52. The summed E-state index contributed by atoms with van der Waals surface area (Å²) in [6.45, 7) is 7.06. The molecule has 3 aromatic heterocycles. The summed E-state index contributed by atoms with van der Waals surface area (Å²) in [5.41, 5.74) is 4.21. The number of anilines is 1. The molecular weight excluding hydrogens is 370 g/mol. The highest BCUT2D eigenvalue weighted by molar-refractivity contribution is 7.22. The Kier molecular flexibility index (Phi) is 4.92. The average molecular weight is 392 g/mol. The van der Waals surface area contributed by atoms with Crippen LogP contribution in [-0.4, -0.2) is 25.7 Å². The number of para-hydroxylation sites is 1. The van der Waals surface area contributed by atoms with Crippen LogP contribution in [0.3, 0.4) is 0 Å². The molecule has 4 aromatic rings. The van der Waals surface area contributed by atoms with Gasteiger partial charge >= 0.3 is 0 Å². The number of nitrogens with zero attached hydrogens (tertiary/aromatic N) is 5. The lowest BCUT2D eigenvalue weighted by atomic mass is 10.2. The maximum absolute atomic E-state index is 13.4. The highest BCUT2D eigenvalue weighted by Crippen LogP contribution is 2.32. The minimum Gasteiger partial charge on any atom is -0.276 e. The minimum absolute atomic E-state index is 0.169. The fourth-order valence-corrected chi connectivity index (χ4v) is 4.18. The molecule has 0 spiro atoms. The van der Waals surface area contributed by atoms with Crippen molar-refractivity contribution in [3.05, 3.63) is 71.3 Å². The Balaban J connectivity index is 1.78. The number of hydrogen-bond acceptors (Lipinski definition) is 5. The van der Waals surface area contributed by atoms with Gasteiger partial charge in [0.15, 0.2) is 10.8 Å². The molecule has 4 rings (SSSR count). The van der Waals surface area contributed by atoms with Crippen LogP contribution in [-0.2, 0) is 13.1 Å². The molecular formula is C21H21N5OS. The molecule has 0 fully saturated rings. The highest BCUT2D eigenvalue weighted by atomic mass is 32.1.